The molecule has 1 N–H and O–H groups in total. The lowest BCUT2D eigenvalue weighted by Gasteiger charge is -2.24. The normalized spacial score (nSPS) is 20.6. The number of hydrogen-bond donors (Lipinski definition) is 1. The van der Waals surface area contributed by atoms with Gasteiger partial charge in [0.05, 0.1) is 5.69 Å². The zero-order valence-electron chi connectivity index (χ0n) is 16.4. The largest absolute Gasteiger partial charge is 0.368 e. The van der Waals surface area contributed by atoms with E-state index < -0.39 is 0 Å². The molecule has 1 aromatic rings. The van der Waals surface area contributed by atoms with Crippen molar-refractivity contribution >= 4 is 11.9 Å². The maximum atomic E-state index is 12.5. The number of hydrogen-bond acceptors (Lipinski definition) is 4. The number of urea groups is 1. The summed E-state index contributed by atoms with van der Waals surface area (Å²) in [6, 6.07) is 2.01. The fourth-order valence-corrected chi connectivity index (χ4v) is 3.75. The van der Waals surface area contributed by atoms with Crippen molar-refractivity contribution in [1.29, 1.82) is 0 Å². The summed E-state index contributed by atoms with van der Waals surface area (Å²) in [5.41, 5.74) is 2.16. The Labute approximate surface area is 160 Å². The average Bonchev–Trinajstić information content (AvgIpc) is 3.21. The molecule has 0 aliphatic carbocycles. The number of carbonyl (C=O) groups is 2. The third-order valence-corrected chi connectivity index (χ3v) is 5.23. The summed E-state index contributed by atoms with van der Waals surface area (Å²) in [7, 11) is 0. The number of nitrogens with zero attached hydrogens (tertiary/aromatic N) is 4. The third kappa shape index (κ3) is 5.22. The van der Waals surface area contributed by atoms with Gasteiger partial charge in [0.25, 0.3) is 5.91 Å². The van der Waals surface area contributed by atoms with Crippen LogP contribution in [0.3, 0.4) is 0 Å². The van der Waals surface area contributed by atoms with Crippen LogP contribution in [0.25, 0.3) is 0 Å². The van der Waals surface area contributed by atoms with Gasteiger partial charge in [-0.3, -0.25) is 9.48 Å². The molecule has 0 bridgehead atoms. The van der Waals surface area contributed by atoms with Crippen LogP contribution in [-0.4, -0.2) is 77.0 Å². The van der Waals surface area contributed by atoms with E-state index in [4.69, 9.17) is 4.74 Å². The Balaban J connectivity index is 1.38. The van der Waals surface area contributed by atoms with Crippen molar-refractivity contribution in [2.45, 2.75) is 52.2 Å². The van der Waals surface area contributed by atoms with Crippen LogP contribution in [0.5, 0.6) is 0 Å². The molecule has 8 heteroatoms. The number of aryl methyl sites for hydroxylation is 3. The zero-order valence-corrected chi connectivity index (χ0v) is 16.4. The Morgan fingerprint density at radius 2 is 1.96 bits per heavy atom. The fourth-order valence-electron chi connectivity index (χ4n) is 3.75. The molecule has 1 atom stereocenters. The van der Waals surface area contributed by atoms with Crippen molar-refractivity contribution in [2.24, 2.45) is 0 Å². The van der Waals surface area contributed by atoms with Gasteiger partial charge in [-0.05, 0) is 45.6 Å². The SMILES string of the molecule is Cc1cc(C)n(CCCNC(=O)N2CCCN(C(=O)[C@@H]3CCCO3)CC2)n1. The van der Waals surface area contributed by atoms with E-state index in [9.17, 15) is 9.59 Å². The molecule has 1 aromatic heterocycles. The van der Waals surface area contributed by atoms with Crippen molar-refractivity contribution in [1.82, 2.24) is 24.9 Å². The van der Waals surface area contributed by atoms with E-state index in [1.807, 2.05) is 28.3 Å². The Bertz CT molecular complexity index is 654. The lowest BCUT2D eigenvalue weighted by Crippen LogP contribution is -2.44. The van der Waals surface area contributed by atoms with E-state index in [1.165, 1.54) is 0 Å². The zero-order chi connectivity index (χ0) is 19.2. The molecule has 0 saturated carbocycles. The molecule has 150 valence electrons. The molecule has 8 nitrogen and oxygen atoms in total. The molecule has 2 aliphatic rings. The summed E-state index contributed by atoms with van der Waals surface area (Å²) < 4.78 is 7.48. The monoisotopic (exact) mass is 377 g/mol. The number of aromatic nitrogens is 2. The maximum Gasteiger partial charge on any atom is 0.317 e. The van der Waals surface area contributed by atoms with E-state index in [0.717, 1.165) is 43.6 Å². The number of ether oxygens (including phenoxy) is 1. The molecule has 3 heterocycles. The Kier molecular flexibility index (Phi) is 6.71. The summed E-state index contributed by atoms with van der Waals surface area (Å²) in [6.07, 6.45) is 3.13. The summed E-state index contributed by atoms with van der Waals surface area (Å²) >= 11 is 0. The second-order valence-electron chi connectivity index (χ2n) is 7.40. The highest BCUT2D eigenvalue weighted by Crippen LogP contribution is 2.16. The van der Waals surface area contributed by atoms with E-state index in [1.54, 1.807) is 0 Å². The average molecular weight is 377 g/mol. The molecule has 0 aromatic carbocycles. The Morgan fingerprint density at radius 1 is 1.19 bits per heavy atom. The topological polar surface area (TPSA) is 79.7 Å². The highest BCUT2D eigenvalue weighted by molar-refractivity contribution is 5.81. The van der Waals surface area contributed by atoms with E-state index in [-0.39, 0.29) is 18.0 Å². The maximum absolute atomic E-state index is 12.5. The first kappa shape index (κ1) is 19.7. The molecule has 0 unspecified atom stereocenters. The molecule has 2 fully saturated rings. The van der Waals surface area contributed by atoms with Gasteiger partial charge in [-0.15, -0.1) is 0 Å². The van der Waals surface area contributed by atoms with Crippen molar-refractivity contribution in [3.05, 3.63) is 17.5 Å². The standard InChI is InChI=1S/C19H31N5O3/c1-15-14-16(2)24(21-15)10-4-7-20-19(26)23-9-5-8-22(11-12-23)18(25)17-6-3-13-27-17/h14,17H,3-13H2,1-2H3,(H,20,26)/t17-/m0/s1. The van der Waals surface area contributed by atoms with Crippen LogP contribution in [0.1, 0.15) is 37.1 Å². The van der Waals surface area contributed by atoms with Gasteiger partial charge in [0, 0.05) is 51.6 Å². The number of nitrogens with one attached hydrogen (secondary N) is 1. The number of carbonyl (C=O) groups excluding carboxylic acids is 2. The molecule has 3 amide bonds. The minimum atomic E-state index is -0.278. The molecule has 27 heavy (non-hydrogen) atoms. The minimum Gasteiger partial charge on any atom is -0.368 e. The van der Waals surface area contributed by atoms with Crippen LogP contribution in [0.15, 0.2) is 6.07 Å². The molecule has 3 rings (SSSR count). The Hall–Kier alpha value is -2.09. The van der Waals surface area contributed by atoms with Crippen LogP contribution in [-0.2, 0) is 16.1 Å². The first-order chi connectivity index (χ1) is 13.0. The first-order valence-electron chi connectivity index (χ1n) is 9.99. The van der Waals surface area contributed by atoms with Gasteiger partial charge in [-0.25, -0.2) is 4.79 Å². The van der Waals surface area contributed by atoms with Gasteiger partial charge in [0.2, 0.25) is 0 Å². The van der Waals surface area contributed by atoms with E-state index >= 15 is 0 Å². The highest BCUT2D eigenvalue weighted by atomic mass is 16.5. The second-order valence-corrected chi connectivity index (χ2v) is 7.40. The van der Waals surface area contributed by atoms with Crippen molar-refractivity contribution < 1.29 is 14.3 Å². The minimum absolute atomic E-state index is 0.0465. The van der Waals surface area contributed by atoms with Crippen LogP contribution in [0, 0.1) is 13.8 Å². The fraction of sp³-hybridized carbons (Fsp3) is 0.737. The summed E-state index contributed by atoms with van der Waals surface area (Å²) in [6.45, 7) is 8.64. The van der Waals surface area contributed by atoms with E-state index in [0.29, 0.717) is 39.3 Å². The molecular formula is C19H31N5O3. The number of amides is 3. The quantitative estimate of drug-likeness (QED) is 0.785. The molecule has 0 radical (unpaired) electrons. The van der Waals surface area contributed by atoms with Crippen LogP contribution in [0.4, 0.5) is 4.79 Å². The lowest BCUT2D eigenvalue weighted by molar-refractivity contribution is -0.140. The van der Waals surface area contributed by atoms with Crippen molar-refractivity contribution in [3.63, 3.8) is 0 Å². The smallest absolute Gasteiger partial charge is 0.317 e. The highest BCUT2D eigenvalue weighted by Gasteiger charge is 2.30. The lowest BCUT2D eigenvalue weighted by atomic mass is 10.2. The van der Waals surface area contributed by atoms with Gasteiger partial charge in [0.1, 0.15) is 6.10 Å². The number of rotatable bonds is 5. The van der Waals surface area contributed by atoms with Gasteiger partial charge in [-0.2, -0.15) is 5.10 Å². The van der Waals surface area contributed by atoms with Crippen LogP contribution < -0.4 is 5.32 Å². The van der Waals surface area contributed by atoms with Gasteiger partial charge >= 0.3 is 6.03 Å². The van der Waals surface area contributed by atoms with Gasteiger partial charge in [-0.1, -0.05) is 0 Å². The predicted molar refractivity (Wildman–Crippen MR) is 101 cm³/mol. The summed E-state index contributed by atoms with van der Waals surface area (Å²) in [5.74, 6) is 0.0830. The van der Waals surface area contributed by atoms with Crippen LogP contribution >= 0.6 is 0 Å². The van der Waals surface area contributed by atoms with Gasteiger partial charge < -0.3 is 19.9 Å². The second kappa shape index (κ2) is 9.21. The predicted octanol–water partition coefficient (Wildman–Crippen LogP) is 1.31. The third-order valence-electron chi connectivity index (χ3n) is 5.23. The molecule has 2 aliphatic heterocycles. The first-order valence-corrected chi connectivity index (χ1v) is 9.99. The Morgan fingerprint density at radius 3 is 2.67 bits per heavy atom. The summed E-state index contributed by atoms with van der Waals surface area (Å²) in [4.78, 5) is 28.6. The molecule has 2 saturated heterocycles. The van der Waals surface area contributed by atoms with Gasteiger partial charge in [0.15, 0.2) is 0 Å². The summed E-state index contributed by atoms with van der Waals surface area (Å²) in [5, 5.41) is 7.43. The van der Waals surface area contributed by atoms with E-state index in [2.05, 4.69) is 16.5 Å². The van der Waals surface area contributed by atoms with Crippen molar-refractivity contribution in [3.8, 4) is 0 Å². The van der Waals surface area contributed by atoms with Crippen LogP contribution in [0.2, 0.25) is 0 Å². The molecular weight excluding hydrogens is 346 g/mol. The molecule has 0 spiro atoms. The van der Waals surface area contributed by atoms with Crippen molar-refractivity contribution in [2.75, 3.05) is 39.3 Å².